The van der Waals surface area contributed by atoms with E-state index in [2.05, 4.69) is 55.5 Å². The Balaban J connectivity index is 2.18. The second-order valence-corrected chi connectivity index (χ2v) is 4.83. The predicted molar refractivity (Wildman–Crippen MR) is 63.9 cm³/mol. The number of aryl methyl sites for hydroxylation is 1. The zero-order valence-corrected chi connectivity index (χ0v) is 9.11. The second kappa shape index (κ2) is 3.10. The Kier molecular flexibility index (Phi) is 1.85. The van der Waals surface area contributed by atoms with E-state index in [1.807, 2.05) is 0 Å². The van der Waals surface area contributed by atoms with Crippen molar-refractivity contribution in [1.29, 1.82) is 0 Å². The minimum atomic E-state index is 0.240. The van der Waals surface area contributed by atoms with E-state index >= 15 is 0 Å². The zero-order valence-electron chi connectivity index (χ0n) is 9.11. The SMILES string of the molecule is CC12C=CC=CC1CCc1ccccc12. The molecule has 1 aromatic carbocycles. The molecule has 0 amide bonds. The van der Waals surface area contributed by atoms with Gasteiger partial charge in [0.2, 0.25) is 0 Å². The Bertz CT molecular complexity index is 439. The summed E-state index contributed by atoms with van der Waals surface area (Å²) in [5, 5.41) is 0. The minimum Gasteiger partial charge on any atom is -0.0802 e. The standard InChI is InChI=1S/C15H16/c1-15-11-5-4-7-13(15)10-9-12-6-2-3-8-14(12)15/h2-8,11,13H,9-10H2,1H3. The highest BCUT2D eigenvalue weighted by Gasteiger charge is 2.37. The molecule has 76 valence electrons. The van der Waals surface area contributed by atoms with Gasteiger partial charge in [0.15, 0.2) is 0 Å². The summed E-state index contributed by atoms with van der Waals surface area (Å²) in [7, 11) is 0. The van der Waals surface area contributed by atoms with Gasteiger partial charge in [0.05, 0.1) is 0 Å². The Hall–Kier alpha value is -1.30. The molecule has 0 aromatic heterocycles. The molecule has 3 rings (SSSR count). The third-order valence-electron chi connectivity index (χ3n) is 3.99. The zero-order chi connectivity index (χ0) is 10.3. The van der Waals surface area contributed by atoms with E-state index in [-0.39, 0.29) is 5.41 Å². The van der Waals surface area contributed by atoms with Crippen LogP contribution >= 0.6 is 0 Å². The molecule has 2 aliphatic rings. The molecule has 0 spiro atoms. The van der Waals surface area contributed by atoms with E-state index < -0.39 is 0 Å². The van der Waals surface area contributed by atoms with Crippen LogP contribution in [0.2, 0.25) is 0 Å². The summed E-state index contributed by atoms with van der Waals surface area (Å²) in [6, 6.07) is 8.90. The molecule has 0 bridgehead atoms. The van der Waals surface area contributed by atoms with Crippen LogP contribution in [0.1, 0.15) is 24.5 Å². The van der Waals surface area contributed by atoms with Gasteiger partial charge < -0.3 is 0 Å². The molecule has 0 aliphatic heterocycles. The third-order valence-corrected chi connectivity index (χ3v) is 3.99. The first-order chi connectivity index (χ1) is 7.31. The van der Waals surface area contributed by atoms with Gasteiger partial charge in [0.1, 0.15) is 0 Å². The molecule has 2 unspecified atom stereocenters. The van der Waals surface area contributed by atoms with E-state index in [4.69, 9.17) is 0 Å². The molecule has 0 heterocycles. The fourth-order valence-corrected chi connectivity index (χ4v) is 3.04. The number of allylic oxidation sites excluding steroid dienone is 4. The summed E-state index contributed by atoms with van der Waals surface area (Å²) in [4.78, 5) is 0. The molecule has 15 heavy (non-hydrogen) atoms. The van der Waals surface area contributed by atoms with Crippen molar-refractivity contribution in [2.24, 2.45) is 5.92 Å². The van der Waals surface area contributed by atoms with Gasteiger partial charge in [-0.05, 0) is 29.9 Å². The highest BCUT2D eigenvalue weighted by atomic mass is 14.4. The van der Waals surface area contributed by atoms with Gasteiger partial charge >= 0.3 is 0 Å². The molecule has 1 aromatic rings. The fourth-order valence-electron chi connectivity index (χ4n) is 3.04. The number of rotatable bonds is 0. The summed E-state index contributed by atoms with van der Waals surface area (Å²) < 4.78 is 0. The Morgan fingerprint density at radius 1 is 1.20 bits per heavy atom. The predicted octanol–water partition coefficient (Wildman–Crippen LogP) is 3.63. The number of hydrogen-bond acceptors (Lipinski definition) is 0. The molecule has 0 saturated carbocycles. The van der Waals surface area contributed by atoms with Crippen molar-refractivity contribution in [1.82, 2.24) is 0 Å². The van der Waals surface area contributed by atoms with Crippen LogP contribution in [-0.2, 0) is 11.8 Å². The summed E-state index contributed by atoms with van der Waals surface area (Å²) in [5.41, 5.74) is 3.31. The van der Waals surface area contributed by atoms with Crippen LogP contribution in [0, 0.1) is 5.92 Å². The maximum Gasteiger partial charge on any atom is 0.0172 e. The summed E-state index contributed by atoms with van der Waals surface area (Å²) in [6.07, 6.45) is 11.6. The molecule has 0 N–H and O–H groups in total. The van der Waals surface area contributed by atoms with Crippen LogP contribution in [0.15, 0.2) is 48.6 Å². The van der Waals surface area contributed by atoms with E-state index in [9.17, 15) is 0 Å². The first-order valence-corrected chi connectivity index (χ1v) is 5.75. The summed E-state index contributed by atoms with van der Waals surface area (Å²) in [5.74, 6) is 0.692. The maximum absolute atomic E-state index is 2.37. The Morgan fingerprint density at radius 2 is 2.07 bits per heavy atom. The maximum atomic E-state index is 2.37. The van der Waals surface area contributed by atoms with Gasteiger partial charge in [-0.2, -0.15) is 0 Å². The first-order valence-electron chi connectivity index (χ1n) is 5.75. The molecular weight excluding hydrogens is 180 g/mol. The average molecular weight is 196 g/mol. The van der Waals surface area contributed by atoms with Crippen LogP contribution in [0.3, 0.4) is 0 Å². The van der Waals surface area contributed by atoms with Crippen LogP contribution in [0.5, 0.6) is 0 Å². The van der Waals surface area contributed by atoms with E-state index in [1.165, 1.54) is 24.0 Å². The smallest absolute Gasteiger partial charge is 0.0172 e. The lowest BCUT2D eigenvalue weighted by molar-refractivity contribution is 0.373. The monoisotopic (exact) mass is 196 g/mol. The van der Waals surface area contributed by atoms with Crippen molar-refractivity contribution < 1.29 is 0 Å². The molecule has 0 radical (unpaired) electrons. The van der Waals surface area contributed by atoms with Gasteiger partial charge in [-0.25, -0.2) is 0 Å². The third kappa shape index (κ3) is 1.21. The lowest BCUT2D eigenvalue weighted by Gasteiger charge is -2.41. The molecular formula is C15H16. The Labute approximate surface area is 91.3 Å². The second-order valence-electron chi connectivity index (χ2n) is 4.83. The van der Waals surface area contributed by atoms with Gasteiger partial charge in [0, 0.05) is 5.41 Å². The molecule has 0 fully saturated rings. The Morgan fingerprint density at radius 3 is 3.00 bits per heavy atom. The molecule has 0 nitrogen and oxygen atoms in total. The highest BCUT2D eigenvalue weighted by molar-refractivity contribution is 5.44. The summed E-state index contributed by atoms with van der Waals surface area (Å²) >= 11 is 0. The quantitative estimate of drug-likeness (QED) is 0.594. The lowest BCUT2D eigenvalue weighted by Crippen LogP contribution is -2.35. The van der Waals surface area contributed by atoms with Crippen molar-refractivity contribution in [2.45, 2.75) is 25.2 Å². The van der Waals surface area contributed by atoms with Crippen LogP contribution in [0.4, 0.5) is 0 Å². The van der Waals surface area contributed by atoms with Crippen LogP contribution < -0.4 is 0 Å². The van der Waals surface area contributed by atoms with Crippen molar-refractivity contribution >= 4 is 0 Å². The summed E-state index contributed by atoms with van der Waals surface area (Å²) in [6.45, 7) is 2.37. The fraction of sp³-hybridized carbons (Fsp3) is 0.333. The minimum absolute atomic E-state index is 0.240. The van der Waals surface area contributed by atoms with Gasteiger partial charge in [-0.1, -0.05) is 55.5 Å². The van der Waals surface area contributed by atoms with Crippen molar-refractivity contribution in [2.75, 3.05) is 0 Å². The highest BCUT2D eigenvalue weighted by Crippen LogP contribution is 2.44. The number of hydrogen-bond donors (Lipinski definition) is 0. The van der Waals surface area contributed by atoms with Gasteiger partial charge in [-0.15, -0.1) is 0 Å². The van der Waals surface area contributed by atoms with Crippen LogP contribution in [0.25, 0.3) is 0 Å². The first kappa shape index (κ1) is 8.96. The van der Waals surface area contributed by atoms with Crippen molar-refractivity contribution in [3.05, 3.63) is 59.7 Å². The molecule has 2 aliphatic carbocycles. The molecule has 2 atom stereocenters. The molecule has 0 saturated heterocycles. The van der Waals surface area contributed by atoms with Gasteiger partial charge in [-0.3, -0.25) is 0 Å². The van der Waals surface area contributed by atoms with Crippen LogP contribution in [-0.4, -0.2) is 0 Å². The lowest BCUT2D eigenvalue weighted by atomic mass is 9.63. The van der Waals surface area contributed by atoms with Gasteiger partial charge in [0.25, 0.3) is 0 Å². The largest absolute Gasteiger partial charge is 0.0802 e. The number of benzene rings is 1. The van der Waals surface area contributed by atoms with E-state index in [0.717, 1.165) is 0 Å². The molecule has 0 heteroatoms. The topological polar surface area (TPSA) is 0 Å². The van der Waals surface area contributed by atoms with E-state index in [1.54, 1.807) is 0 Å². The van der Waals surface area contributed by atoms with Crippen molar-refractivity contribution in [3.63, 3.8) is 0 Å². The van der Waals surface area contributed by atoms with Crippen molar-refractivity contribution in [3.8, 4) is 0 Å². The van der Waals surface area contributed by atoms with E-state index in [0.29, 0.717) is 5.92 Å². The average Bonchev–Trinajstić information content (AvgIpc) is 2.29. The number of fused-ring (bicyclic) bond motifs is 3. The normalized spacial score (nSPS) is 32.2.